The van der Waals surface area contributed by atoms with Crippen LogP contribution in [0.25, 0.3) is 10.2 Å². The molecule has 0 unspecified atom stereocenters. The number of hydrogen-bond acceptors (Lipinski definition) is 8. The molecule has 0 fully saturated rings. The molecule has 11 heteroatoms. The van der Waals surface area contributed by atoms with Crippen LogP contribution in [-0.2, 0) is 16.4 Å². The van der Waals surface area contributed by atoms with Gasteiger partial charge in [-0.15, -0.1) is 0 Å². The molecule has 4 aromatic rings. The van der Waals surface area contributed by atoms with Gasteiger partial charge in [-0.25, -0.2) is 13.4 Å². The maximum atomic E-state index is 13.8. The lowest BCUT2D eigenvalue weighted by atomic mass is 10.2. The Hall–Kier alpha value is -3.67. The number of ether oxygens (including phenoxy) is 2. The first-order valence-corrected chi connectivity index (χ1v) is 15.2. The molecule has 0 N–H and O–H groups in total. The molecule has 5 rings (SSSR count). The molecule has 1 amide bonds. The number of carbonyl (C=O) groups excluding carboxylic acids is 1. The van der Waals surface area contributed by atoms with Crippen LogP contribution in [-0.4, -0.2) is 72.2 Å². The number of nitrogens with zero attached hydrogens (tertiary/aromatic N) is 4. The van der Waals surface area contributed by atoms with Gasteiger partial charge in [-0.2, -0.15) is 0 Å². The molecule has 0 spiro atoms. The Labute approximate surface area is 238 Å². The van der Waals surface area contributed by atoms with Crippen LogP contribution in [0.2, 0.25) is 0 Å². The highest BCUT2D eigenvalue weighted by Crippen LogP contribution is 2.38. The Bertz CT molecular complexity index is 1590. The summed E-state index contributed by atoms with van der Waals surface area (Å²) in [5, 5.41) is 0.555. The SMILES string of the molecule is COc1cc2nc(N(CCCN(C)C)C(=O)c3ccc(S(=O)(=O)N4CCc5ccccc54)cc3)sc2cc1OC. The third kappa shape index (κ3) is 5.36. The Kier molecular flexibility index (Phi) is 7.97. The third-order valence-electron chi connectivity index (χ3n) is 6.88. The molecule has 0 bridgehead atoms. The lowest BCUT2D eigenvalue weighted by molar-refractivity contribution is 0.0986. The summed E-state index contributed by atoms with van der Waals surface area (Å²) in [7, 11) is 3.37. The third-order valence-corrected chi connectivity index (χ3v) is 9.75. The molecule has 0 saturated heterocycles. The van der Waals surface area contributed by atoms with Gasteiger partial charge in [0.2, 0.25) is 0 Å². The molecule has 1 aromatic heterocycles. The fourth-order valence-corrected chi connectivity index (χ4v) is 7.30. The standard InChI is InChI=1S/C29H32N4O5S2/c1-31(2)15-7-16-32(29-30-23-18-25(37-3)26(38-4)19-27(23)39-29)28(34)21-10-12-22(13-11-21)40(35,36)33-17-14-20-8-5-6-9-24(20)33/h5-6,8-13,18-19H,7,14-17H2,1-4H3. The van der Waals surface area contributed by atoms with E-state index in [0.29, 0.717) is 52.9 Å². The highest BCUT2D eigenvalue weighted by molar-refractivity contribution is 7.92. The summed E-state index contributed by atoms with van der Waals surface area (Å²) < 4.78 is 40.0. The van der Waals surface area contributed by atoms with Crippen molar-refractivity contribution >= 4 is 48.3 Å². The van der Waals surface area contributed by atoms with Crippen molar-refractivity contribution in [3.63, 3.8) is 0 Å². The maximum absolute atomic E-state index is 13.8. The van der Waals surface area contributed by atoms with Crippen molar-refractivity contribution in [3.8, 4) is 11.5 Å². The van der Waals surface area contributed by atoms with Crippen molar-refractivity contribution in [3.05, 3.63) is 71.8 Å². The van der Waals surface area contributed by atoms with Gasteiger partial charge in [-0.1, -0.05) is 29.5 Å². The van der Waals surface area contributed by atoms with Crippen molar-refractivity contribution < 1.29 is 22.7 Å². The van der Waals surface area contributed by atoms with Crippen molar-refractivity contribution in [2.75, 3.05) is 57.2 Å². The summed E-state index contributed by atoms with van der Waals surface area (Å²) in [6.45, 7) is 1.65. The number of sulfonamides is 1. The highest BCUT2D eigenvalue weighted by atomic mass is 32.2. The zero-order chi connectivity index (χ0) is 28.4. The van der Waals surface area contributed by atoms with Gasteiger partial charge in [0, 0.05) is 30.8 Å². The lowest BCUT2D eigenvalue weighted by Gasteiger charge is -2.22. The van der Waals surface area contributed by atoms with Crippen LogP contribution in [0, 0.1) is 0 Å². The van der Waals surface area contributed by atoms with Crippen molar-refractivity contribution in [1.29, 1.82) is 0 Å². The summed E-state index contributed by atoms with van der Waals surface area (Å²) in [5.41, 5.74) is 2.81. The van der Waals surface area contributed by atoms with E-state index in [2.05, 4.69) is 4.90 Å². The fourth-order valence-electron chi connectivity index (χ4n) is 4.80. The van der Waals surface area contributed by atoms with Crippen LogP contribution in [0.5, 0.6) is 11.5 Å². The quantitative estimate of drug-likeness (QED) is 0.269. The first-order valence-electron chi connectivity index (χ1n) is 12.9. The van der Waals surface area contributed by atoms with Gasteiger partial charge in [0.05, 0.1) is 35.0 Å². The first kappa shape index (κ1) is 27.9. The van der Waals surface area contributed by atoms with E-state index in [9.17, 15) is 13.2 Å². The van der Waals surface area contributed by atoms with E-state index in [1.54, 1.807) is 37.3 Å². The molecule has 2 heterocycles. The highest BCUT2D eigenvalue weighted by Gasteiger charge is 2.31. The number of amides is 1. The molecule has 1 aliphatic rings. The van der Waals surface area contributed by atoms with E-state index in [4.69, 9.17) is 14.5 Å². The predicted octanol–water partition coefficient (Wildman–Crippen LogP) is 4.66. The average molecular weight is 581 g/mol. The minimum Gasteiger partial charge on any atom is -0.493 e. The van der Waals surface area contributed by atoms with Crippen LogP contribution in [0.4, 0.5) is 10.8 Å². The monoisotopic (exact) mass is 580 g/mol. The van der Waals surface area contributed by atoms with Gasteiger partial charge in [-0.05, 0) is 69.4 Å². The normalized spacial score (nSPS) is 13.1. The number of rotatable bonds is 10. The average Bonchev–Trinajstić information content (AvgIpc) is 3.58. The van der Waals surface area contributed by atoms with E-state index < -0.39 is 10.0 Å². The van der Waals surface area contributed by atoms with Crippen LogP contribution >= 0.6 is 11.3 Å². The van der Waals surface area contributed by atoms with E-state index in [1.165, 1.54) is 27.8 Å². The second-order valence-corrected chi connectivity index (χ2v) is 12.6. The number of anilines is 2. The maximum Gasteiger partial charge on any atom is 0.264 e. The van der Waals surface area contributed by atoms with E-state index in [0.717, 1.165) is 23.2 Å². The molecule has 0 radical (unpaired) electrons. The van der Waals surface area contributed by atoms with Gasteiger partial charge in [-0.3, -0.25) is 14.0 Å². The molecule has 0 saturated carbocycles. The van der Waals surface area contributed by atoms with Crippen LogP contribution in [0.15, 0.2) is 65.6 Å². The Morgan fingerprint density at radius 1 is 1.00 bits per heavy atom. The van der Waals surface area contributed by atoms with Gasteiger partial charge < -0.3 is 14.4 Å². The first-order chi connectivity index (χ1) is 19.2. The topological polar surface area (TPSA) is 92.3 Å². The van der Waals surface area contributed by atoms with E-state index in [1.807, 2.05) is 44.4 Å². The van der Waals surface area contributed by atoms with Crippen molar-refractivity contribution in [2.45, 2.75) is 17.7 Å². The van der Waals surface area contributed by atoms with E-state index >= 15 is 0 Å². The number of fused-ring (bicyclic) bond motifs is 2. The second-order valence-electron chi connectivity index (χ2n) is 9.77. The summed E-state index contributed by atoms with van der Waals surface area (Å²) in [6.07, 6.45) is 1.41. The van der Waals surface area contributed by atoms with Crippen LogP contribution in [0.3, 0.4) is 0 Å². The van der Waals surface area contributed by atoms with Gasteiger partial charge in [0.1, 0.15) is 0 Å². The molecule has 210 valence electrons. The number of benzene rings is 3. The number of methoxy groups -OCH3 is 2. The summed E-state index contributed by atoms with van der Waals surface area (Å²) in [6, 6.07) is 17.4. The van der Waals surface area contributed by atoms with Gasteiger partial charge in [0.15, 0.2) is 16.6 Å². The van der Waals surface area contributed by atoms with Crippen molar-refractivity contribution in [1.82, 2.24) is 9.88 Å². The summed E-state index contributed by atoms with van der Waals surface area (Å²) >= 11 is 1.40. The Morgan fingerprint density at radius 3 is 2.40 bits per heavy atom. The molecule has 1 aliphatic heterocycles. The number of hydrogen-bond donors (Lipinski definition) is 0. The Balaban J connectivity index is 1.44. The number of thiazole rings is 1. The fraction of sp³-hybridized carbons (Fsp3) is 0.310. The number of carbonyl (C=O) groups is 1. The summed E-state index contributed by atoms with van der Waals surface area (Å²) in [4.78, 5) is 22.4. The molecular weight excluding hydrogens is 548 g/mol. The minimum atomic E-state index is -3.75. The predicted molar refractivity (Wildman–Crippen MR) is 159 cm³/mol. The van der Waals surface area contributed by atoms with Gasteiger partial charge >= 0.3 is 0 Å². The largest absolute Gasteiger partial charge is 0.493 e. The van der Waals surface area contributed by atoms with E-state index in [-0.39, 0.29) is 10.8 Å². The van der Waals surface area contributed by atoms with Gasteiger partial charge in [0.25, 0.3) is 15.9 Å². The lowest BCUT2D eigenvalue weighted by Crippen LogP contribution is -2.33. The number of aromatic nitrogens is 1. The number of para-hydroxylation sites is 1. The zero-order valence-corrected chi connectivity index (χ0v) is 24.6. The van der Waals surface area contributed by atoms with Crippen LogP contribution < -0.4 is 18.7 Å². The zero-order valence-electron chi connectivity index (χ0n) is 23.0. The molecule has 9 nitrogen and oxygen atoms in total. The molecule has 0 aliphatic carbocycles. The second kappa shape index (κ2) is 11.4. The summed E-state index contributed by atoms with van der Waals surface area (Å²) in [5.74, 6) is 0.912. The Morgan fingerprint density at radius 2 is 1.70 bits per heavy atom. The van der Waals surface area contributed by atoms with Crippen molar-refractivity contribution in [2.24, 2.45) is 0 Å². The molecule has 3 aromatic carbocycles. The minimum absolute atomic E-state index is 0.152. The molecular formula is C29H32N4O5S2. The molecule has 40 heavy (non-hydrogen) atoms. The van der Waals surface area contributed by atoms with Crippen LogP contribution in [0.1, 0.15) is 22.3 Å². The smallest absolute Gasteiger partial charge is 0.264 e. The molecule has 0 atom stereocenters.